The minimum absolute atomic E-state index is 0.136. The van der Waals surface area contributed by atoms with Gasteiger partial charge < -0.3 is 21.0 Å². The molecule has 0 saturated carbocycles. The van der Waals surface area contributed by atoms with Crippen LogP contribution in [0.5, 0.6) is 0 Å². The second-order valence-electron chi connectivity index (χ2n) is 6.87. The summed E-state index contributed by atoms with van der Waals surface area (Å²) in [4.78, 5) is 50.8. The van der Waals surface area contributed by atoms with E-state index < -0.39 is 22.1 Å². The molecule has 11 nitrogen and oxygen atoms in total. The van der Waals surface area contributed by atoms with Gasteiger partial charge in [0, 0.05) is 27.8 Å². The van der Waals surface area contributed by atoms with Gasteiger partial charge in [-0.3, -0.25) is 14.5 Å². The molecule has 2 aromatic rings. The fourth-order valence-corrected chi connectivity index (χ4v) is 7.79. The van der Waals surface area contributed by atoms with E-state index in [1.165, 1.54) is 58.2 Å². The Kier molecular flexibility index (Phi) is 6.65. The van der Waals surface area contributed by atoms with Crippen molar-refractivity contribution in [2.75, 3.05) is 18.6 Å². The molecule has 0 aromatic carbocycles. The molecule has 2 aliphatic rings. The van der Waals surface area contributed by atoms with Gasteiger partial charge in [0.1, 0.15) is 23.4 Å². The van der Waals surface area contributed by atoms with Crippen LogP contribution in [0.2, 0.25) is 0 Å². The predicted molar refractivity (Wildman–Crippen MR) is 127 cm³/mol. The molecule has 2 aliphatic heterocycles. The lowest BCUT2D eigenvalue weighted by Gasteiger charge is -2.51. The lowest BCUT2D eigenvalue weighted by molar-refractivity contribution is -0.146. The van der Waals surface area contributed by atoms with Gasteiger partial charge in [-0.2, -0.15) is 0 Å². The van der Waals surface area contributed by atoms with Gasteiger partial charge in [0.15, 0.2) is 10.0 Å². The number of carbonyl (C=O) groups is 3. The van der Waals surface area contributed by atoms with Gasteiger partial charge in [0.05, 0.1) is 17.5 Å². The Balaban J connectivity index is 1.87. The van der Waals surface area contributed by atoms with Crippen molar-refractivity contribution in [3.05, 3.63) is 33.4 Å². The number of amides is 2. The number of aliphatic carboxylic acids is 1. The van der Waals surface area contributed by atoms with Gasteiger partial charge in [-0.15, -0.1) is 22.7 Å². The predicted octanol–water partition coefficient (Wildman–Crippen LogP) is 1.83. The average Bonchev–Trinajstić information content (AvgIpc) is 3.38. The van der Waals surface area contributed by atoms with Crippen molar-refractivity contribution in [2.45, 2.75) is 27.9 Å². The fourth-order valence-electron chi connectivity index (χ4n) is 3.41. The summed E-state index contributed by atoms with van der Waals surface area (Å²) in [5.41, 5.74) is 7.23. The summed E-state index contributed by atoms with van der Waals surface area (Å²) in [5.74, 6) is -2.05. The molecule has 0 spiro atoms. The summed E-state index contributed by atoms with van der Waals surface area (Å²) in [6, 6.07) is 0. The van der Waals surface area contributed by atoms with Crippen molar-refractivity contribution in [3.8, 4) is 0 Å². The number of hydrogen-bond donors (Lipinski definition) is 3. The molecule has 4 heterocycles. The maximum atomic E-state index is 12.7. The maximum absolute atomic E-state index is 12.7. The third-order valence-electron chi connectivity index (χ3n) is 4.77. The number of thiazole rings is 2. The number of oxime groups is 1. The van der Waals surface area contributed by atoms with Crippen LogP contribution in [0.1, 0.15) is 17.8 Å². The molecule has 2 amide bonds. The molecule has 4 rings (SSSR count). The van der Waals surface area contributed by atoms with Crippen LogP contribution in [0.3, 0.4) is 0 Å². The molecule has 2 atom stereocenters. The number of nitrogens with two attached hydrogens (primary N) is 1. The summed E-state index contributed by atoms with van der Waals surface area (Å²) in [6.07, 6.45) is 1.09. The van der Waals surface area contributed by atoms with Gasteiger partial charge in [-0.05, 0) is 6.92 Å². The molecule has 2 aromatic heterocycles. The number of thioether (sulfide) groups is 2. The largest absolute Gasteiger partial charge is 0.477 e. The number of rotatable bonds is 8. The first-order valence-electron chi connectivity index (χ1n) is 9.37. The second-order valence-corrected chi connectivity index (χ2v) is 11.2. The highest BCUT2D eigenvalue weighted by molar-refractivity contribution is 8.02. The van der Waals surface area contributed by atoms with Gasteiger partial charge in [-0.1, -0.05) is 28.7 Å². The zero-order chi connectivity index (χ0) is 23.8. The van der Waals surface area contributed by atoms with E-state index in [9.17, 15) is 19.5 Å². The van der Waals surface area contributed by atoms with Crippen LogP contribution in [0.4, 0.5) is 5.13 Å². The van der Waals surface area contributed by atoms with Crippen molar-refractivity contribution in [1.29, 1.82) is 0 Å². The Hall–Kier alpha value is -2.62. The van der Waals surface area contributed by atoms with E-state index in [1.54, 1.807) is 5.38 Å². The minimum Gasteiger partial charge on any atom is -0.477 e. The van der Waals surface area contributed by atoms with Gasteiger partial charge in [-0.25, -0.2) is 14.8 Å². The van der Waals surface area contributed by atoms with Crippen molar-refractivity contribution < 1.29 is 24.3 Å². The Morgan fingerprint density at radius 3 is 2.82 bits per heavy atom. The zero-order valence-corrected chi connectivity index (χ0v) is 20.6. The molecule has 174 valence electrons. The van der Waals surface area contributed by atoms with Crippen LogP contribution in [0, 0.1) is 6.92 Å². The summed E-state index contributed by atoms with van der Waals surface area (Å²) in [6.45, 7) is 1.86. The molecule has 33 heavy (non-hydrogen) atoms. The van der Waals surface area contributed by atoms with Crippen LogP contribution in [-0.4, -0.2) is 62.2 Å². The van der Waals surface area contributed by atoms with Gasteiger partial charge >= 0.3 is 5.97 Å². The van der Waals surface area contributed by atoms with E-state index in [1.807, 2.05) is 12.3 Å². The normalized spacial score (nSPS) is 22.3. The van der Waals surface area contributed by atoms with E-state index in [4.69, 9.17) is 5.73 Å². The summed E-state index contributed by atoms with van der Waals surface area (Å²) < 4.78 is 0.728. The number of nitrogens with zero attached hydrogens (tertiary/aromatic N) is 4. The van der Waals surface area contributed by atoms with Crippen molar-refractivity contribution in [2.24, 2.45) is 5.16 Å². The number of β-lactam (4-membered cyclic amide) rings is 1. The molecule has 1 unspecified atom stereocenters. The number of anilines is 1. The number of hydrogen-bond acceptors (Lipinski definition) is 12. The van der Waals surface area contributed by atoms with E-state index in [0.717, 1.165) is 16.2 Å². The fraction of sp³-hybridized carbons (Fsp3) is 0.333. The van der Waals surface area contributed by atoms with Crippen LogP contribution >= 0.6 is 46.2 Å². The van der Waals surface area contributed by atoms with Crippen molar-refractivity contribution >= 4 is 75.3 Å². The zero-order valence-electron chi connectivity index (χ0n) is 17.3. The van der Waals surface area contributed by atoms with Crippen molar-refractivity contribution in [3.63, 3.8) is 0 Å². The lowest BCUT2D eigenvalue weighted by atomic mass is 9.98. The highest BCUT2D eigenvalue weighted by atomic mass is 32.2. The molecular formula is C18H18N6O5S4. The Morgan fingerprint density at radius 2 is 2.24 bits per heavy atom. The number of fused-ring (bicyclic) bond motifs is 1. The van der Waals surface area contributed by atoms with Crippen molar-refractivity contribution in [1.82, 2.24) is 20.2 Å². The number of carboxylic acids is 1. The van der Waals surface area contributed by atoms with E-state index in [-0.39, 0.29) is 28.9 Å². The smallest absolute Gasteiger partial charge is 0.352 e. The van der Waals surface area contributed by atoms with Crippen LogP contribution in [-0.2, 0) is 24.1 Å². The molecule has 1 saturated heterocycles. The SMILES string of the molecule is CON=CC(=O)NC1(c2csc(N)n2)S[C@H]2CC(=O)N2C(C(=O)O)=C1CSc1nc(C)cs1. The molecule has 0 bridgehead atoms. The number of nitrogens with one attached hydrogen (secondary N) is 1. The number of carbonyl (C=O) groups excluding carboxylic acids is 2. The second kappa shape index (κ2) is 9.32. The molecule has 0 radical (unpaired) electrons. The number of aromatic nitrogens is 2. The molecule has 15 heteroatoms. The van der Waals surface area contributed by atoms with E-state index in [2.05, 4.69) is 25.3 Å². The molecule has 0 aliphatic carbocycles. The Bertz CT molecular complexity index is 1180. The van der Waals surface area contributed by atoms with E-state index in [0.29, 0.717) is 11.3 Å². The standard InChI is InChI=1S/C18H18N6O5S4/c1-8-5-31-17(21-8)32-6-9-14(15(27)28)24-12(26)3-13(24)33-18(9,10-7-30-16(19)22-10)23-11(25)4-20-29-2/h4-5,7,13H,3,6H2,1-2H3,(H2,19,22)(H,23,25)(H,27,28)/t13-,18?/m0/s1. The summed E-state index contributed by atoms with van der Waals surface area (Å²) >= 11 is 5.15. The lowest BCUT2D eigenvalue weighted by Crippen LogP contribution is -2.61. The van der Waals surface area contributed by atoms with Crippen LogP contribution < -0.4 is 11.1 Å². The quantitative estimate of drug-likeness (QED) is 0.200. The average molecular weight is 527 g/mol. The van der Waals surface area contributed by atoms with Gasteiger partial charge in [0.25, 0.3) is 5.91 Å². The maximum Gasteiger partial charge on any atom is 0.352 e. The summed E-state index contributed by atoms with van der Waals surface area (Å²) in [7, 11) is 1.30. The Morgan fingerprint density at radius 1 is 1.45 bits per heavy atom. The first kappa shape index (κ1) is 23.5. The number of carboxylic acid groups (broad SMARTS) is 1. The van der Waals surface area contributed by atoms with E-state index >= 15 is 0 Å². The highest BCUT2D eigenvalue weighted by Crippen LogP contribution is 2.55. The highest BCUT2D eigenvalue weighted by Gasteiger charge is 2.56. The van der Waals surface area contributed by atoms with Crippen LogP contribution in [0.25, 0.3) is 0 Å². The third kappa shape index (κ3) is 4.45. The first-order chi connectivity index (χ1) is 15.7. The topological polar surface area (TPSA) is 160 Å². The number of aryl methyl sites for hydroxylation is 1. The first-order valence-corrected chi connectivity index (χ1v) is 13.0. The monoisotopic (exact) mass is 526 g/mol. The summed E-state index contributed by atoms with van der Waals surface area (Å²) in [5, 5.41) is 19.8. The third-order valence-corrected chi connectivity index (χ3v) is 9.17. The molecule has 1 fully saturated rings. The minimum atomic E-state index is -1.39. The van der Waals surface area contributed by atoms with Crippen LogP contribution in [0.15, 0.2) is 31.5 Å². The molecule has 4 N–H and O–H groups in total. The van der Waals surface area contributed by atoms with Gasteiger partial charge in [0.2, 0.25) is 5.91 Å². The molecular weight excluding hydrogens is 509 g/mol. The Labute approximate surface area is 204 Å². The number of nitrogen functional groups attached to an aromatic ring is 1.